The number of carbonyl (C=O) groups excluding carboxylic acids is 1. The molecule has 26 heavy (non-hydrogen) atoms. The average Bonchev–Trinajstić information content (AvgIpc) is 3.04. The Bertz CT molecular complexity index is 932. The van der Waals surface area contributed by atoms with Gasteiger partial charge in [0.1, 0.15) is 11.5 Å². The van der Waals surface area contributed by atoms with Crippen LogP contribution in [0.2, 0.25) is 0 Å². The number of nitrogens with one attached hydrogen (secondary N) is 3. The summed E-state index contributed by atoms with van der Waals surface area (Å²) in [5.41, 5.74) is 2.29. The molecule has 0 aliphatic carbocycles. The van der Waals surface area contributed by atoms with Crippen LogP contribution in [0.15, 0.2) is 30.6 Å². The van der Waals surface area contributed by atoms with Crippen LogP contribution in [0, 0.1) is 0 Å². The van der Waals surface area contributed by atoms with E-state index in [2.05, 4.69) is 55.4 Å². The Morgan fingerprint density at radius 1 is 1.27 bits per heavy atom. The quantitative estimate of drug-likeness (QED) is 0.619. The van der Waals surface area contributed by atoms with Crippen LogP contribution in [0.1, 0.15) is 24.3 Å². The number of H-pyrrole nitrogens is 1. The van der Waals surface area contributed by atoms with Gasteiger partial charge in [0, 0.05) is 36.8 Å². The maximum atomic E-state index is 10.8. The minimum atomic E-state index is 0.0921. The molecule has 0 radical (unpaired) electrons. The molecule has 0 atom stereocenters. The van der Waals surface area contributed by atoms with Crippen molar-refractivity contribution in [3.8, 4) is 0 Å². The topological polar surface area (TPSA) is 98.8 Å². The highest BCUT2D eigenvalue weighted by Crippen LogP contribution is 2.21. The monoisotopic (exact) mass is 351 g/mol. The molecule has 3 N–H and O–H groups in total. The standard InChI is InChI=1S/C18H21N7O/c1-18(2)11-25(6-5-21-18)14-3-4-15(19-9-14)23-17-20-8-12-7-13(10-26)22-16(12)24-17/h3-4,7-10,21H,5-6,11H2,1-2H3,(H2,19,20,22,23,24). The summed E-state index contributed by atoms with van der Waals surface area (Å²) in [5.74, 6) is 1.10. The van der Waals surface area contributed by atoms with E-state index in [1.807, 2.05) is 12.3 Å². The lowest BCUT2D eigenvalue weighted by molar-refractivity contribution is 0.111. The molecule has 134 valence electrons. The van der Waals surface area contributed by atoms with Crippen LogP contribution in [0.3, 0.4) is 0 Å². The summed E-state index contributed by atoms with van der Waals surface area (Å²) >= 11 is 0. The highest BCUT2D eigenvalue weighted by Gasteiger charge is 2.25. The Morgan fingerprint density at radius 2 is 2.15 bits per heavy atom. The Morgan fingerprint density at radius 3 is 2.88 bits per heavy atom. The van der Waals surface area contributed by atoms with Crippen molar-refractivity contribution in [2.24, 2.45) is 0 Å². The molecule has 0 amide bonds. The highest BCUT2D eigenvalue weighted by molar-refractivity contribution is 5.85. The van der Waals surface area contributed by atoms with E-state index in [0.717, 1.165) is 37.0 Å². The van der Waals surface area contributed by atoms with Crippen LogP contribution >= 0.6 is 0 Å². The Hall–Kier alpha value is -3.00. The third-order valence-electron chi connectivity index (χ3n) is 4.44. The van der Waals surface area contributed by atoms with Gasteiger partial charge in [-0.05, 0) is 32.0 Å². The van der Waals surface area contributed by atoms with Crippen molar-refractivity contribution in [2.75, 3.05) is 29.9 Å². The Labute approximate surface area is 151 Å². The molecule has 4 rings (SSSR count). The van der Waals surface area contributed by atoms with Crippen molar-refractivity contribution < 1.29 is 4.79 Å². The van der Waals surface area contributed by atoms with Crippen LogP contribution in [-0.2, 0) is 0 Å². The molecule has 1 saturated heterocycles. The minimum Gasteiger partial charge on any atom is -0.367 e. The number of hydrogen-bond acceptors (Lipinski definition) is 7. The van der Waals surface area contributed by atoms with Crippen molar-refractivity contribution in [2.45, 2.75) is 19.4 Å². The van der Waals surface area contributed by atoms with Gasteiger partial charge >= 0.3 is 0 Å². The van der Waals surface area contributed by atoms with E-state index in [-0.39, 0.29) is 5.54 Å². The number of piperazine rings is 1. The number of hydrogen-bond donors (Lipinski definition) is 3. The first-order valence-electron chi connectivity index (χ1n) is 8.56. The molecule has 1 aliphatic heterocycles. The Balaban J connectivity index is 1.49. The SMILES string of the molecule is CC1(C)CN(c2ccc(Nc3ncc4cc(C=O)[nH]c4n3)nc2)CCN1. The van der Waals surface area contributed by atoms with E-state index in [9.17, 15) is 4.79 Å². The van der Waals surface area contributed by atoms with Gasteiger partial charge in [-0.1, -0.05) is 0 Å². The van der Waals surface area contributed by atoms with Gasteiger partial charge in [-0.2, -0.15) is 4.98 Å². The number of rotatable bonds is 4. The van der Waals surface area contributed by atoms with Crippen molar-refractivity contribution in [1.82, 2.24) is 25.3 Å². The average molecular weight is 351 g/mol. The number of nitrogens with zero attached hydrogens (tertiary/aromatic N) is 4. The number of carbonyl (C=O) groups is 1. The lowest BCUT2D eigenvalue weighted by atomic mass is 10.0. The van der Waals surface area contributed by atoms with Crippen LogP contribution < -0.4 is 15.5 Å². The van der Waals surface area contributed by atoms with E-state index in [1.165, 1.54) is 0 Å². The highest BCUT2D eigenvalue weighted by atomic mass is 16.1. The van der Waals surface area contributed by atoms with Crippen LogP contribution in [0.4, 0.5) is 17.5 Å². The van der Waals surface area contributed by atoms with Gasteiger partial charge in [-0.15, -0.1) is 0 Å². The number of aromatic nitrogens is 4. The zero-order valence-electron chi connectivity index (χ0n) is 14.8. The fourth-order valence-corrected chi connectivity index (χ4v) is 3.18. The predicted molar refractivity (Wildman–Crippen MR) is 101 cm³/mol. The first-order valence-corrected chi connectivity index (χ1v) is 8.56. The van der Waals surface area contributed by atoms with E-state index in [4.69, 9.17) is 0 Å². The molecule has 0 spiro atoms. The summed E-state index contributed by atoms with van der Waals surface area (Å²) in [6.07, 6.45) is 4.29. The van der Waals surface area contributed by atoms with Gasteiger partial charge in [0.05, 0.1) is 17.6 Å². The first kappa shape index (κ1) is 16.5. The normalized spacial score (nSPS) is 16.6. The van der Waals surface area contributed by atoms with Crippen molar-refractivity contribution in [3.05, 3.63) is 36.3 Å². The summed E-state index contributed by atoms with van der Waals surface area (Å²) in [6, 6.07) is 5.69. The fraction of sp³-hybridized carbons (Fsp3) is 0.333. The predicted octanol–water partition coefficient (Wildman–Crippen LogP) is 2.10. The summed E-state index contributed by atoms with van der Waals surface area (Å²) in [6.45, 7) is 7.26. The van der Waals surface area contributed by atoms with Gasteiger partial charge in [0.2, 0.25) is 5.95 Å². The molecule has 8 nitrogen and oxygen atoms in total. The second-order valence-electron chi connectivity index (χ2n) is 7.10. The van der Waals surface area contributed by atoms with E-state index in [0.29, 0.717) is 23.1 Å². The third-order valence-corrected chi connectivity index (χ3v) is 4.44. The van der Waals surface area contributed by atoms with Gasteiger partial charge < -0.3 is 20.5 Å². The molecule has 3 aromatic rings. The summed E-state index contributed by atoms with van der Waals surface area (Å²) < 4.78 is 0. The van der Waals surface area contributed by atoms with E-state index in [1.54, 1.807) is 12.3 Å². The molecular weight excluding hydrogens is 330 g/mol. The molecule has 0 aromatic carbocycles. The smallest absolute Gasteiger partial charge is 0.230 e. The molecule has 8 heteroatoms. The molecular formula is C18H21N7O. The lowest BCUT2D eigenvalue weighted by Crippen LogP contribution is -2.57. The van der Waals surface area contributed by atoms with Gasteiger partial charge in [0.15, 0.2) is 6.29 Å². The first-order chi connectivity index (χ1) is 12.5. The number of anilines is 3. The van der Waals surface area contributed by atoms with E-state index < -0.39 is 0 Å². The molecule has 0 bridgehead atoms. The van der Waals surface area contributed by atoms with Crippen molar-refractivity contribution in [3.63, 3.8) is 0 Å². The van der Waals surface area contributed by atoms with Crippen LogP contribution in [0.25, 0.3) is 11.0 Å². The maximum absolute atomic E-state index is 10.8. The fourth-order valence-electron chi connectivity index (χ4n) is 3.18. The number of aromatic amines is 1. The summed E-state index contributed by atoms with van der Waals surface area (Å²) in [5, 5.41) is 7.40. The molecule has 0 saturated carbocycles. The lowest BCUT2D eigenvalue weighted by Gasteiger charge is -2.40. The second kappa shape index (κ2) is 6.38. The zero-order chi connectivity index (χ0) is 18.1. The summed E-state index contributed by atoms with van der Waals surface area (Å²) in [7, 11) is 0. The number of pyridine rings is 1. The van der Waals surface area contributed by atoms with Crippen LogP contribution in [-0.4, -0.2) is 51.4 Å². The zero-order valence-corrected chi connectivity index (χ0v) is 14.8. The molecule has 3 aromatic heterocycles. The summed E-state index contributed by atoms with van der Waals surface area (Å²) in [4.78, 5) is 29.2. The van der Waals surface area contributed by atoms with Gasteiger partial charge in [0.25, 0.3) is 0 Å². The molecule has 1 fully saturated rings. The largest absolute Gasteiger partial charge is 0.367 e. The molecule has 4 heterocycles. The van der Waals surface area contributed by atoms with Crippen LogP contribution in [0.5, 0.6) is 0 Å². The molecule has 1 aliphatic rings. The van der Waals surface area contributed by atoms with Crippen molar-refractivity contribution in [1.29, 1.82) is 0 Å². The Kier molecular flexibility index (Phi) is 4.04. The molecule has 0 unspecified atom stereocenters. The maximum Gasteiger partial charge on any atom is 0.230 e. The van der Waals surface area contributed by atoms with E-state index >= 15 is 0 Å². The second-order valence-corrected chi connectivity index (χ2v) is 7.10. The van der Waals surface area contributed by atoms with Gasteiger partial charge in [-0.3, -0.25) is 4.79 Å². The van der Waals surface area contributed by atoms with Crippen molar-refractivity contribution >= 4 is 34.8 Å². The number of fused-ring (bicyclic) bond motifs is 1. The number of aldehydes is 1. The van der Waals surface area contributed by atoms with Gasteiger partial charge in [-0.25, -0.2) is 9.97 Å². The third kappa shape index (κ3) is 3.36. The minimum absolute atomic E-state index is 0.0921.